The molecule has 7 heteroatoms. The summed E-state index contributed by atoms with van der Waals surface area (Å²) in [5.41, 5.74) is 6.10. The summed E-state index contributed by atoms with van der Waals surface area (Å²) in [6.45, 7) is 14.9. The van der Waals surface area contributed by atoms with Crippen molar-refractivity contribution >= 4 is 28.6 Å². The standard InChI is InChI=1S/C33H38N2O5/c1-8-34-26-18-28-24(16-20(26)3)30(25-17-21(4)27(35-9-2)19-29(25)40-28)22-12-10-11-13-23(22)31(36)38-14-15-39-32(37)33(5,6)7/h10-13,16-19,34H,8-9,14-15H2,1-7H3/b35-27-. The summed E-state index contributed by atoms with van der Waals surface area (Å²) >= 11 is 0. The average molecular weight is 543 g/mol. The molecular weight excluding hydrogens is 504 g/mol. The predicted octanol–water partition coefficient (Wildman–Crippen LogP) is 6.92. The van der Waals surface area contributed by atoms with Crippen LogP contribution in [0.2, 0.25) is 0 Å². The topological polar surface area (TPSA) is 90.1 Å². The number of fused-ring (bicyclic) bond motifs is 2. The van der Waals surface area contributed by atoms with Gasteiger partial charge in [-0.3, -0.25) is 9.79 Å². The zero-order valence-corrected chi connectivity index (χ0v) is 24.4. The third-order valence-corrected chi connectivity index (χ3v) is 6.66. The summed E-state index contributed by atoms with van der Waals surface area (Å²) in [6.07, 6.45) is 0. The fraction of sp³-hybridized carbons (Fsp3) is 0.364. The van der Waals surface area contributed by atoms with Crippen LogP contribution in [0, 0.1) is 19.3 Å². The Morgan fingerprint density at radius 3 is 2.35 bits per heavy atom. The van der Waals surface area contributed by atoms with Gasteiger partial charge in [0.15, 0.2) is 0 Å². The number of nitrogens with one attached hydrogen (secondary N) is 1. The van der Waals surface area contributed by atoms with E-state index >= 15 is 0 Å². The third kappa shape index (κ3) is 6.03. The van der Waals surface area contributed by atoms with E-state index in [2.05, 4.69) is 36.3 Å². The number of esters is 2. The fourth-order valence-electron chi connectivity index (χ4n) is 4.64. The van der Waals surface area contributed by atoms with Crippen LogP contribution in [-0.4, -0.2) is 38.2 Å². The van der Waals surface area contributed by atoms with Crippen molar-refractivity contribution in [2.24, 2.45) is 10.4 Å². The summed E-state index contributed by atoms with van der Waals surface area (Å²) in [6, 6.07) is 15.6. The molecule has 2 aromatic carbocycles. The number of benzene rings is 3. The maximum absolute atomic E-state index is 13.4. The van der Waals surface area contributed by atoms with Gasteiger partial charge in [-0.05, 0) is 83.4 Å². The second-order valence-electron chi connectivity index (χ2n) is 10.8. The van der Waals surface area contributed by atoms with Crippen molar-refractivity contribution in [3.63, 3.8) is 0 Å². The van der Waals surface area contributed by atoms with Gasteiger partial charge >= 0.3 is 11.9 Å². The first-order valence-corrected chi connectivity index (χ1v) is 13.7. The second-order valence-corrected chi connectivity index (χ2v) is 10.8. The first-order chi connectivity index (χ1) is 19.0. The van der Waals surface area contributed by atoms with E-state index in [0.29, 0.717) is 23.5 Å². The number of rotatable bonds is 8. The molecule has 0 amide bonds. The highest BCUT2D eigenvalue weighted by atomic mass is 16.6. The molecule has 0 saturated carbocycles. The van der Waals surface area contributed by atoms with E-state index in [1.54, 1.807) is 26.8 Å². The molecular formula is C33H38N2O5. The van der Waals surface area contributed by atoms with Crippen LogP contribution in [0.4, 0.5) is 5.69 Å². The van der Waals surface area contributed by atoms with E-state index in [1.165, 1.54) is 0 Å². The van der Waals surface area contributed by atoms with Gasteiger partial charge in [-0.1, -0.05) is 18.2 Å². The lowest BCUT2D eigenvalue weighted by Crippen LogP contribution is -2.25. The SMILES string of the molecule is CC/N=c1/cc2oc3cc(NCC)c(C)cc3c(-c3ccccc3C(=O)OCCOC(=O)C(C)(C)C)c-2cc1C. The fourth-order valence-corrected chi connectivity index (χ4v) is 4.64. The monoisotopic (exact) mass is 542 g/mol. The second kappa shape index (κ2) is 11.9. The Morgan fingerprint density at radius 2 is 1.65 bits per heavy atom. The van der Waals surface area contributed by atoms with Gasteiger partial charge in [0.2, 0.25) is 0 Å². The minimum atomic E-state index is -0.621. The number of anilines is 1. The van der Waals surface area contributed by atoms with Crippen molar-refractivity contribution in [1.82, 2.24) is 0 Å². The van der Waals surface area contributed by atoms with Gasteiger partial charge in [0.1, 0.15) is 24.6 Å². The first kappa shape index (κ1) is 28.9. The van der Waals surface area contributed by atoms with Gasteiger partial charge in [-0.25, -0.2) is 4.79 Å². The van der Waals surface area contributed by atoms with Crippen LogP contribution in [0.3, 0.4) is 0 Å². The average Bonchev–Trinajstić information content (AvgIpc) is 2.91. The summed E-state index contributed by atoms with van der Waals surface area (Å²) in [4.78, 5) is 30.1. The number of hydrogen-bond acceptors (Lipinski definition) is 7. The molecule has 0 bridgehead atoms. The highest BCUT2D eigenvalue weighted by molar-refractivity contribution is 6.08. The molecule has 1 heterocycles. The Kier molecular flexibility index (Phi) is 8.62. The van der Waals surface area contributed by atoms with E-state index < -0.39 is 11.4 Å². The molecule has 1 aliphatic heterocycles. The number of carbonyl (C=O) groups excluding carboxylic acids is 2. The van der Waals surface area contributed by atoms with E-state index in [-0.39, 0.29) is 19.2 Å². The Morgan fingerprint density at radius 1 is 0.925 bits per heavy atom. The summed E-state index contributed by atoms with van der Waals surface area (Å²) < 4.78 is 17.3. The van der Waals surface area contributed by atoms with Gasteiger partial charge in [0, 0.05) is 47.4 Å². The first-order valence-electron chi connectivity index (χ1n) is 13.7. The molecule has 0 atom stereocenters. The highest BCUT2D eigenvalue weighted by Gasteiger charge is 2.25. The van der Waals surface area contributed by atoms with Crippen molar-refractivity contribution < 1.29 is 23.5 Å². The summed E-state index contributed by atoms with van der Waals surface area (Å²) in [5.74, 6) is -0.143. The maximum Gasteiger partial charge on any atom is 0.338 e. The quantitative estimate of drug-likeness (QED) is 0.148. The van der Waals surface area contributed by atoms with Crippen molar-refractivity contribution in [3.8, 4) is 22.5 Å². The number of hydrogen-bond donors (Lipinski definition) is 1. The molecule has 0 aromatic heterocycles. The molecule has 0 saturated heterocycles. The molecule has 4 rings (SSSR count). The van der Waals surface area contributed by atoms with Crippen molar-refractivity contribution in [2.45, 2.75) is 48.5 Å². The zero-order chi connectivity index (χ0) is 29.0. The largest absolute Gasteiger partial charge is 0.462 e. The Labute approximate surface area is 235 Å². The molecule has 0 spiro atoms. The molecule has 1 aliphatic carbocycles. The van der Waals surface area contributed by atoms with Crippen LogP contribution >= 0.6 is 0 Å². The number of aryl methyl sites for hydroxylation is 2. The normalized spacial score (nSPS) is 12.1. The van der Waals surface area contributed by atoms with Crippen LogP contribution in [0.15, 0.2) is 57.9 Å². The molecule has 1 N–H and O–H groups in total. The number of nitrogens with zero attached hydrogens (tertiary/aromatic N) is 1. The molecule has 2 aliphatic rings. The molecule has 0 fully saturated rings. The van der Waals surface area contributed by atoms with Crippen molar-refractivity contribution in [2.75, 3.05) is 31.6 Å². The number of carbonyl (C=O) groups is 2. The van der Waals surface area contributed by atoms with E-state index in [0.717, 1.165) is 50.8 Å². The van der Waals surface area contributed by atoms with Crippen LogP contribution < -0.4 is 10.7 Å². The van der Waals surface area contributed by atoms with Gasteiger partial charge in [0.05, 0.1) is 16.3 Å². The van der Waals surface area contributed by atoms with Crippen LogP contribution in [0.1, 0.15) is 56.1 Å². The van der Waals surface area contributed by atoms with Crippen LogP contribution in [-0.2, 0) is 14.3 Å². The Hall–Kier alpha value is -4.13. The molecule has 0 unspecified atom stereocenters. The Balaban J connectivity index is 1.85. The lowest BCUT2D eigenvalue weighted by atomic mass is 9.89. The van der Waals surface area contributed by atoms with Crippen LogP contribution in [0.25, 0.3) is 33.4 Å². The van der Waals surface area contributed by atoms with Crippen LogP contribution in [0.5, 0.6) is 0 Å². The number of ether oxygens (including phenoxy) is 2. The smallest absolute Gasteiger partial charge is 0.338 e. The van der Waals surface area contributed by atoms with E-state index in [1.807, 2.05) is 44.2 Å². The molecule has 0 radical (unpaired) electrons. The molecule has 7 nitrogen and oxygen atoms in total. The minimum absolute atomic E-state index is 0.00457. The maximum atomic E-state index is 13.4. The van der Waals surface area contributed by atoms with E-state index in [4.69, 9.17) is 13.9 Å². The predicted molar refractivity (Wildman–Crippen MR) is 159 cm³/mol. The van der Waals surface area contributed by atoms with Gasteiger partial charge < -0.3 is 19.2 Å². The lowest BCUT2D eigenvalue weighted by molar-refractivity contribution is -0.154. The third-order valence-electron chi connectivity index (χ3n) is 6.66. The minimum Gasteiger partial charge on any atom is -0.462 e. The van der Waals surface area contributed by atoms with Crippen molar-refractivity contribution in [1.29, 1.82) is 0 Å². The summed E-state index contributed by atoms with van der Waals surface area (Å²) in [7, 11) is 0. The molecule has 210 valence electrons. The van der Waals surface area contributed by atoms with Gasteiger partial charge in [0.25, 0.3) is 0 Å². The Bertz CT molecular complexity index is 1590. The molecule has 2 aromatic rings. The van der Waals surface area contributed by atoms with E-state index in [9.17, 15) is 9.59 Å². The lowest BCUT2D eigenvalue weighted by Gasteiger charge is -2.20. The molecule has 40 heavy (non-hydrogen) atoms. The van der Waals surface area contributed by atoms with Crippen molar-refractivity contribution in [3.05, 3.63) is 70.6 Å². The van der Waals surface area contributed by atoms with Gasteiger partial charge in [-0.2, -0.15) is 0 Å². The highest BCUT2D eigenvalue weighted by Crippen LogP contribution is 2.43. The van der Waals surface area contributed by atoms with Gasteiger partial charge in [-0.15, -0.1) is 0 Å². The summed E-state index contributed by atoms with van der Waals surface area (Å²) in [5, 5.41) is 5.17. The zero-order valence-electron chi connectivity index (χ0n) is 24.4.